The number of carbonyl (C=O) groups excluding carboxylic acids is 5. The van der Waals surface area contributed by atoms with Crippen LogP contribution < -0.4 is 21.3 Å². The molecule has 0 spiro atoms. The van der Waals surface area contributed by atoms with Crippen molar-refractivity contribution >= 4 is 41.0 Å². The van der Waals surface area contributed by atoms with E-state index in [1.807, 2.05) is 0 Å². The second kappa shape index (κ2) is 20.3. The molecule has 0 aliphatic carbocycles. The van der Waals surface area contributed by atoms with Crippen molar-refractivity contribution in [1.29, 1.82) is 0 Å². The summed E-state index contributed by atoms with van der Waals surface area (Å²) in [5, 5.41) is 10.0. The lowest BCUT2D eigenvalue weighted by Crippen LogP contribution is -2.49. The van der Waals surface area contributed by atoms with Gasteiger partial charge < -0.3 is 21.3 Å². The Hall–Kier alpha value is -3.72. The summed E-state index contributed by atoms with van der Waals surface area (Å²) in [6, 6.07) is 14.2. The van der Waals surface area contributed by atoms with Gasteiger partial charge in [0.05, 0.1) is 13.1 Å². The summed E-state index contributed by atoms with van der Waals surface area (Å²) < 4.78 is 0. The number of rotatable bonds is 10. The van der Waals surface area contributed by atoms with Crippen LogP contribution in [0.5, 0.6) is 0 Å². The molecule has 0 saturated heterocycles. The van der Waals surface area contributed by atoms with E-state index in [9.17, 15) is 24.0 Å². The van der Waals surface area contributed by atoms with E-state index in [4.69, 9.17) is 11.6 Å². The lowest BCUT2D eigenvalue weighted by Gasteiger charge is -2.14. The number of carbonyl (C=O) groups is 5. The van der Waals surface area contributed by atoms with Crippen LogP contribution in [0.3, 0.4) is 0 Å². The molecule has 1 atom stereocenters. The Balaban J connectivity index is 0.00000185. The molecule has 2 rings (SSSR count). The third kappa shape index (κ3) is 16.7. The van der Waals surface area contributed by atoms with Crippen LogP contribution in [0.4, 0.5) is 0 Å². The number of Topliss-reactive ketones (excluding diaryl/α,β-unsaturated/α-hetero) is 1. The third-order valence-corrected chi connectivity index (χ3v) is 4.66. The van der Waals surface area contributed by atoms with Gasteiger partial charge in [0.25, 0.3) is 11.8 Å². The van der Waals surface area contributed by atoms with Crippen LogP contribution in [0.15, 0.2) is 54.6 Å². The Bertz CT molecular complexity index is 1060. The van der Waals surface area contributed by atoms with Gasteiger partial charge in [-0.05, 0) is 36.6 Å². The number of hydrogen-bond donors (Lipinski definition) is 4. The molecule has 0 aliphatic rings. The zero-order valence-electron chi connectivity index (χ0n) is 23.6. The van der Waals surface area contributed by atoms with Crippen molar-refractivity contribution in [2.24, 2.45) is 5.92 Å². The quantitative estimate of drug-likeness (QED) is 0.329. The topological polar surface area (TPSA) is 133 Å². The molecule has 0 radical (unpaired) electrons. The van der Waals surface area contributed by atoms with Crippen LogP contribution in [-0.2, 0) is 25.7 Å². The Labute approximate surface area is 236 Å². The highest BCUT2D eigenvalue weighted by Crippen LogP contribution is 2.14. The highest BCUT2D eigenvalue weighted by Gasteiger charge is 2.19. The fourth-order valence-electron chi connectivity index (χ4n) is 2.53. The third-order valence-electron chi connectivity index (χ3n) is 4.29. The van der Waals surface area contributed by atoms with Crippen LogP contribution in [0, 0.1) is 5.92 Å². The zero-order chi connectivity index (χ0) is 29.8. The number of benzene rings is 2. The Morgan fingerprint density at radius 3 is 1.87 bits per heavy atom. The summed E-state index contributed by atoms with van der Waals surface area (Å²) >= 11 is 5.99. The van der Waals surface area contributed by atoms with E-state index in [0.717, 1.165) is 5.92 Å². The predicted molar refractivity (Wildman–Crippen MR) is 154 cm³/mol. The lowest BCUT2D eigenvalue weighted by atomic mass is 10.2. The van der Waals surface area contributed by atoms with Crippen LogP contribution in [-0.4, -0.2) is 48.5 Å². The largest absolute Gasteiger partial charge is 0.347 e. The number of halogens is 1. The molecular formula is C29H41ClN4O5. The van der Waals surface area contributed by atoms with Crippen molar-refractivity contribution in [3.05, 3.63) is 70.7 Å². The molecule has 0 fully saturated rings. The summed E-state index contributed by atoms with van der Waals surface area (Å²) in [6.45, 7) is 11.4. The van der Waals surface area contributed by atoms with Gasteiger partial charge in [-0.1, -0.05) is 89.0 Å². The van der Waals surface area contributed by atoms with Gasteiger partial charge >= 0.3 is 0 Å². The van der Waals surface area contributed by atoms with E-state index in [-0.39, 0.29) is 13.1 Å². The summed E-state index contributed by atoms with van der Waals surface area (Å²) in [6.07, 6.45) is 1.25. The summed E-state index contributed by atoms with van der Waals surface area (Å²) in [7, 11) is 0. The minimum Gasteiger partial charge on any atom is -0.347 e. The van der Waals surface area contributed by atoms with Crippen LogP contribution in [0.2, 0.25) is 5.02 Å². The van der Waals surface area contributed by atoms with Gasteiger partial charge in [-0.25, -0.2) is 0 Å². The second-order valence-electron chi connectivity index (χ2n) is 9.19. The smallest absolute Gasteiger partial charge is 0.289 e. The average Bonchev–Trinajstić information content (AvgIpc) is 2.90. The predicted octanol–water partition coefficient (Wildman–Crippen LogP) is 3.65. The van der Waals surface area contributed by atoms with Gasteiger partial charge in [-0.15, -0.1) is 0 Å². The van der Waals surface area contributed by atoms with E-state index >= 15 is 0 Å². The van der Waals surface area contributed by atoms with Crippen molar-refractivity contribution < 1.29 is 24.0 Å². The molecule has 9 nitrogen and oxygen atoms in total. The van der Waals surface area contributed by atoms with E-state index in [1.54, 1.807) is 54.6 Å². The van der Waals surface area contributed by atoms with Gasteiger partial charge in [0, 0.05) is 17.1 Å². The minimum absolute atomic E-state index is 0.0688. The molecular weight excluding hydrogens is 520 g/mol. The molecule has 39 heavy (non-hydrogen) atoms. The summed E-state index contributed by atoms with van der Waals surface area (Å²) in [5.41, 5.74) is 1.05. The molecule has 0 heterocycles. The molecule has 2 aromatic rings. The first-order chi connectivity index (χ1) is 18.4. The van der Waals surface area contributed by atoms with Crippen molar-refractivity contribution in [3.63, 3.8) is 0 Å². The normalized spacial score (nSPS) is 10.5. The van der Waals surface area contributed by atoms with Crippen LogP contribution in [0.25, 0.3) is 0 Å². The highest BCUT2D eigenvalue weighted by atomic mass is 35.5. The molecule has 0 unspecified atom stereocenters. The first kappa shape index (κ1) is 35.3. The monoisotopic (exact) mass is 560 g/mol. The second-order valence-corrected chi connectivity index (χ2v) is 9.60. The van der Waals surface area contributed by atoms with Crippen molar-refractivity contribution in [1.82, 2.24) is 21.3 Å². The molecule has 2 aromatic carbocycles. The van der Waals surface area contributed by atoms with E-state index in [1.165, 1.54) is 13.3 Å². The Morgan fingerprint density at radius 2 is 1.31 bits per heavy atom. The molecule has 0 aromatic heterocycles. The maximum Gasteiger partial charge on any atom is 0.289 e. The van der Waals surface area contributed by atoms with Crippen molar-refractivity contribution in [3.8, 4) is 0 Å². The van der Waals surface area contributed by atoms with Crippen molar-refractivity contribution in [2.45, 2.75) is 60.5 Å². The number of ketones is 1. The summed E-state index contributed by atoms with van der Waals surface area (Å²) in [5.74, 6) is -2.54. The van der Waals surface area contributed by atoms with Crippen LogP contribution in [0.1, 0.15) is 63.9 Å². The highest BCUT2D eigenvalue weighted by molar-refractivity contribution is 6.37. The lowest BCUT2D eigenvalue weighted by molar-refractivity contribution is -0.138. The average molecular weight is 561 g/mol. The summed E-state index contributed by atoms with van der Waals surface area (Å²) in [4.78, 5) is 59.7. The van der Waals surface area contributed by atoms with Crippen LogP contribution >= 0.6 is 11.6 Å². The van der Waals surface area contributed by atoms with E-state index < -0.39 is 42.0 Å². The molecule has 0 bridgehead atoms. The SMILES string of the molecule is CC(C)C.CCC.C[C@H](NC(=O)CNC(=O)c1ccccc1)C(=O)NCC(=O)C(=O)NCc1ccccc1Cl. The Morgan fingerprint density at radius 1 is 0.769 bits per heavy atom. The van der Waals surface area contributed by atoms with Gasteiger partial charge in [0.2, 0.25) is 17.6 Å². The molecule has 4 N–H and O–H groups in total. The fourth-order valence-corrected chi connectivity index (χ4v) is 2.73. The maximum atomic E-state index is 12.1. The molecule has 10 heteroatoms. The molecule has 0 saturated carbocycles. The standard InChI is InChI=1S/C22H23ClN4O5.C4H10.C3H8/c1-14(27-19(29)13-26-21(31)15-7-3-2-4-8-15)20(30)25-12-18(28)22(32)24-11-16-9-5-6-10-17(16)23;1-4(2)3;1-3-2/h2-10,14H,11-13H2,1H3,(H,24,32)(H,25,30)(H,26,31)(H,27,29);4H,1-3H3;3H2,1-2H3/t14-;;/m0../s1. The van der Waals surface area contributed by atoms with E-state index in [2.05, 4.69) is 55.9 Å². The first-order valence-corrected chi connectivity index (χ1v) is 13.2. The first-order valence-electron chi connectivity index (χ1n) is 12.9. The minimum atomic E-state index is -0.977. The van der Waals surface area contributed by atoms with Gasteiger partial charge in [-0.2, -0.15) is 0 Å². The van der Waals surface area contributed by atoms with Crippen molar-refractivity contribution in [2.75, 3.05) is 13.1 Å². The number of amides is 4. The Kier molecular flexibility index (Phi) is 18.3. The number of hydrogen-bond acceptors (Lipinski definition) is 5. The van der Waals surface area contributed by atoms with Gasteiger partial charge in [0.15, 0.2) is 0 Å². The number of nitrogens with one attached hydrogen (secondary N) is 4. The van der Waals surface area contributed by atoms with E-state index in [0.29, 0.717) is 16.1 Å². The fraction of sp³-hybridized carbons (Fsp3) is 0.414. The van der Waals surface area contributed by atoms with Gasteiger partial charge in [0.1, 0.15) is 6.04 Å². The molecule has 4 amide bonds. The maximum absolute atomic E-state index is 12.1. The van der Waals surface area contributed by atoms with Gasteiger partial charge in [-0.3, -0.25) is 24.0 Å². The molecule has 0 aliphatic heterocycles. The molecule has 214 valence electrons. The zero-order valence-corrected chi connectivity index (χ0v) is 24.4.